The third-order valence-corrected chi connectivity index (χ3v) is 7.27. The molecule has 194 valence electrons. The normalized spacial score (nSPS) is 21.3. The molecule has 0 bridgehead atoms. The van der Waals surface area contributed by atoms with Crippen molar-refractivity contribution in [3.8, 4) is 0 Å². The van der Waals surface area contributed by atoms with Gasteiger partial charge in [-0.15, -0.1) is 0 Å². The summed E-state index contributed by atoms with van der Waals surface area (Å²) >= 11 is 0. The summed E-state index contributed by atoms with van der Waals surface area (Å²) in [4.78, 5) is 0. The van der Waals surface area contributed by atoms with Crippen molar-refractivity contribution >= 4 is 5.82 Å². The van der Waals surface area contributed by atoms with Crippen molar-refractivity contribution in [1.29, 1.82) is 0 Å². The summed E-state index contributed by atoms with van der Waals surface area (Å²) in [7, 11) is 0. The number of benzene rings is 2. The van der Waals surface area contributed by atoms with Crippen molar-refractivity contribution in [2.75, 3.05) is 11.9 Å². The Hall–Kier alpha value is -2.77. The Balaban J connectivity index is 1.45. The molecule has 1 heterocycles. The van der Waals surface area contributed by atoms with E-state index in [0.717, 1.165) is 37.6 Å². The Morgan fingerprint density at radius 2 is 1.81 bits per heavy atom. The zero-order valence-corrected chi connectivity index (χ0v) is 21.4. The van der Waals surface area contributed by atoms with Crippen LogP contribution in [-0.4, -0.2) is 29.0 Å². The molecule has 1 atom stereocenters. The third kappa shape index (κ3) is 6.71. The lowest BCUT2D eigenvalue weighted by molar-refractivity contribution is 0.130. The van der Waals surface area contributed by atoms with Crippen molar-refractivity contribution < 1.29 is 18.4 Å². The first-order valence-electron chi connectivity index (χ1n) is 12.8. The fraction of sp³-hybridized carbons (Fsp3) is 0.483. The first-order chi connectivity index (χ1) is 17.1. The van der Waals surface area contributed by atoms with Gasteiger partial charge in [-0.3, -0.25) is 0 Å². The van der Waals surface area contributed by atoms with Gasteiger partial charge in [-0.1, -0.05) is 50.2 Å². The van der Waals surface area contributed by atoms with E-state index < -0.39 is 17.7 Å². The largest absolute Gasteiger partial charge is 0.392 e. The minimum atomic E-state index is -0.634. The fourth-order valence-corrected chi connectivity index (χ4v) is 5.11. The summed E-state index contributed by atoms with van der Waals surface area (Å²) in [5, 5.41) is 21.9. The first kappa shape index (κ1) is 26.3. The zero-order valence-electron chi connectivity index (χ0n) is 21.4. The predicted octanol–water partition coefficient (Wildman–Crippen LogP) is 6.08. The van der Waals surface area contributed by atoms with E-state index >= 15 is 0 Å². The van der Waals surface area contributed by atoms with Crippen LogP contribution < -0.4 is 10.6 Å². The molecule has 0 aliphatic heterocycles. The first-order valence-corrected chi connectivity index (χ1v) is 12.8. The molecule has 1 aromatic heterocycles. The summed E-state index contributed by atoms with van der Waals surface area (Å²) in [5.41, 5.74) is 2.82. The molecule has 7 heteroatoms. The minimum Gasteiger partial charge on any atom is -0.392 e. The molecule has 5 nitrogen and oxygen atoms in total. The fourth-order valence-electron chi connectivity index (χ4n) is 5.11. The molecular formula is C29H37F2N3O2. The summed E-state index contributed by atoms with van der Waals surface area (Å²) in [5.74, 6) is -0.433. The van der Waals surface area contributed by atoms with Gasteiger partial charge in [0.25, 0.3) is 0 Å². The highest BCUT2D eigenvalue weighted by molar-refractivity contribution is 5.36. The van der Waals surface area contributed by atoms with Gasteiger partial charge in [-0.25, -0.2) is 8.78 Å². The van der Waals surface area contributed by atoms with E-state index in [-0.39, 0.29) is 11.0 Å². The maximum absolute atomic E-state index is 13.5. The van der Waals surface area contributed by atoms with Gasteiger partial charge in [-0.05, 0) is 72.8 Å². The number of nitrogens with one attached hydrogen (secondary N) is 2. The molecule has 1 saturated carbocycles. The van der Waals surface area contributed by atoms with Crippen molar-refractivity contribution in [1.82, 2.24) is 10.5 Å². The van der Waals surface area contributed by atoms with Crippen LogP contribution in [0.15, 0.2) is 59.3 Å². The number of aromatic nitrogens is 1. The van der Waals surface area contributed by atoms with Gasteiger partial charge in [0.05, 0.1) is 6.10 Å². The lowest BCUT2D eigenvalue weighted by Crippen LogP contribution is -2.49. The molecular weight excluding hydrogens is 460 g/mol. The third-order valence-electron chi connectivity index (χ3n) is 7.27. The average Bonchev–Trinajstić information content (AvgIpc) is 3.34. The number of hydrogen-bond acceptors (Lipinski definition) is 5. The number of anilines is 1. The minimum absolute atomic E-state index is 0.0304. The van der Waals surface area contributed by atoms with Gasteiger partial charge < -0.3 is 20.3 Å². The van der Waals surface area contributed by atoms with Crippen LogP contribution in [-0.2, 0) is 17.4 Å². The second-order valence-corrected chi connectivity index (χ2v) is 11.1. The van der Waals surface area contributed by atoms with Crippen molar-refractivity contribution in [3.63, 3.8) is 0 Å². The van der Waals surface area contributed by atoms with Crippen molar-refractivity contribution in [2.24, 2.45) is 0 Å². The lowest BCUT2D eigenvalue weighted by atomic mass is 9.73. The van der Waals surface area contributed by atoms with Crippen LogP contribution in [0.25, 0.3) is 0 Å². The van der Waals surface area contributed by atoms with E-state index in [9.17, 15) is 13.9 Å². The van der Waals surface area contributed by atoms with Gasteiger partial charge in [0.1, 0.15) is 17.9 Å². The number of halogens is 2. The predicted molar refractivity (Wildman–Crippen MR) is 138 cm³/mol. The maximum atomic E-state index is 13.5. The van der Waals surface area contributed by atoms with Crippen LogP contribution in [0.3, 0.4) is 0 Å². The summed E-state index contributed by atoms with van der Waals surface area (Å²) < 4.78 is 32.0. The molecule has 1 aliphatic carbocycles. The standard InChI is InChI=1S/C29H37F2N3O2/c1-28(2,3)21-5-4-6-22(17-21)29(12-9-25(10-13-29)33-27-11-14-36-34-27)32-19-26(35)8-7-20-15-23(30)18-24(31)16-20/h4-6,11,14-18,25-26,32,35H,7-10,12-13,19H2,1-3H3,(H,33,34). The van der Waals surface area contributed by atoms with E-state index in [1.54, 1.807) is 6.26 Å². The molecule has 1 fully saturated rings. The molecule has 0 radical (unpaired) electrons. The molecule has 4 rings (SSSR count). The van der Waals surface area contributed by atoms with Gasteiger partial charge in [0.2, 0.25) is 0 Å². The van der Waals surface area contributed by atoms with E-state index in [4.69, 9.17) is 4.52 Å². The van der Waals surface area contributed by atoms with Crippen LogP contribution in [0.5, 0.6) is 0 Å². The van der Waals surface area contributed by atoms with E-state index in [1.807, 2.05) is 6.07 Å². The second kappa shape index (κ2) is 11.1. The number of aliphatic hydroxyl groups is 1. The van der Waals surface area contributed by atoms with Crippen LogP contribution in [0, 0.1) is 11.6 Å². The zero-order chi connectivity index (χ0) is 25.8. The number of nitrogens with zero attached hydrogens (tertiary/aromatic N) is 1. The van der Waals surface area contributed by atoms with Crippen LogP contribution in [0.4, 0.5) is 14.6 Å². The Labute approximate surface area is 212 Å². The molecule has 0 amide bonds. The van der Waals surface area contributed by atoms with E-state index in [0.29, 0.717) is 31.0 Å². The molecule has 0 spiro atoms. The molecule has 1 aliphatic rings. The number of aliphatic hydroxyl groups excluding tert-OH is 1. The molecule has 2 aromatic carbocycles. The van der Waals surface area contributed by atoms with Crippen molar-refractivity contribution in [3.05, 3.63) is 83.1 Å². The average molecular weight is 498 g/mol. The summed E-state index contributed by atoms with van der Waals surface area (Å²) in [6, 6.07) is 14.4. The van der Waals surface area contributed by atoms with E-state index in [1.165, 1.54) is 23.3 Å². The smallest absolute Gasteiger partial charge is 0.169 e. The highest BCUT2D eigenvalue weighted by Crippen LogP contribution is 2.39. The highest BCUT2D eigenvalue weighted by Gasteiger charge is 2.37. The number of hydrogen-bond donors (Lipinski definition) is 3. The summed E-state index contributed by atoms with van der Waals surface area (Å²) in [6.07, 6.45) is 5.45. The molecule has 3 aromatic rings. The Morgan fingerprint density at radius 1 is 1.08 bits per heavy atom. The molecule has 3 N–H and O–H groups in total. The van der Waals surface area contributed by atoms with Gasteiger partial charge >= 0.3 is 0 Å². The number of rotatable bonds is 9. The van der Waals surface area contributed by atoms with Gasteiger partial charge in [-0.2, -0.15) is 0 Å². The van der Waals surface area contributed by atoms with Crippen LogP contribution >= 0.6 is 0 Å². The molecule has 1 unspecified atom stereocenters. The second-order valence-electron chi connectivity index (χ2n) is 11.1. The monoisotopic (exact) mass is 497 g/mol. The van der Waals surface area contributed by atoms with Crippen LogP contribution in [0.2, 0.25) is 0 Å². The molecule has 36 heavy (non-hydrogen) atoms. The van der Waals surface area contributed by atoms with Gasteiger partial charge in [0, 0.05) is 30.3 Å². The van der Waals surface area contributed by atoms with Crippen molar-refractivity contribution in [2.45, 2.75) is 82.4 Å². The SMILES string of the molecule is CC(C)(C)c1cccc(C2(NCC(O)CCc3cc(F)cc(F)c3)CCC(Nc3ccon3)CC2)c1. The molecule has 0 saturated heterocycles. The Bertz CT molecular complexity index is 1100. The quantitative estimate of drug-likeness (QED) is 0.334. The Kier molecular flexibility index (Phi) is 8.10. The highest BCUT2D eigenvalue weighted by atomic mass is 19.1. The number of aryl methyl sites for hydroxylation is 1. The van der Waals surface area contributed by atoms with Gasteiger partial charge in [0.15, 0.2) is 5.82 Å². The van der Waals surface area contributed by atoms with Crippen LogP contribution in [0.1, 0.15) is 69.6 Å². The van der Waals surface area contributed by atoms with E-state index in [2.05, 4.69) is 60.8 Å². The summed E-state index contributed by atoms with van der Waals surface area (Å²) in [6.45, 7) is 7.04. The lowest BCUT2D eigenvalue weighted by Gasteiger charge is -2.43. The Morgan fingerprint density at radius 3 is 2.44 bits per heavy atom. The topological polar surface area (TPSA) is 70.3 Å². The maximum Gasteiger partial charge on any atom is 0.169 e.